The van der Waals surface area contributed by atoms with Crippen molar-refractivity contribution in [2.24, 2.45) is 0 Å². The molecular formula is C22H22BrFN4O2. The van der Waals surface area contributed by atoms with E-state index < -0.39 is 0 Å². The van der Waals surface area contributed by atoms with Crippen molar-refractivity contribution in [2.75, 3.05) is 31.6 Å². The van der Waals surface area contributed by atoms with Gasteiger partial charge in [-0.3, -0.25) is 4.90 Å². The van der Waals surface area contributed by atoms with E-state index in [1.54, 1.807) is 18.2 Å². The molecule has 2 aliphatic heterocycles. The number of nitrogens with zero attached hydrogens (tertiary/aromatic N) is 3. The highest BCUT2D eigenvalue weighted by atomic mass is 79.9. The number of nitrogens with one attached hydrogen (secondary N) is 1. The minimum Gasteiger partial charge on any atom is -0.486 e. The number of aromatic nitrogens is 2. The molecule has 0 unspecified atom stereocenters. The van der Waals surface area contributed by atoms with Crippen LogP contribution >= 0.6 is 15.9 Å². The molecule has 8 heteroatoms. The van der Waals surface area contributed by atoms with Gasteiger partial charge in [0.05, 0.1) is 15.7 Å². The Morgan fingerprint density at radius 3 is 2.87 bits per heavy atom. The van der Waals surface area contributed by atoms with Crippen molar-refractivity contribution in [2.45, 2.75) is 25.4 Å². The molecule has 0 bridgehead atoms. The number of benzene rings is 2. The third kappa shape index (κ3) is 3.94. The molecular weight excluding hydrogens is 451 g/mol. The van der Waals surface area contributed by atoms with E-state index in [0.717, 1.165) is 25.0 Å². The number of fused-ring (bicyclic) bond motifs is 2. The predicted octanol–water partition coefficient (Wildman–Crippen LogP) is 4.90. The number of ether oxygens (including phenoxy) is 2. The maximum Gasteiger partial charge on any atom is 0.163 e. The first-order valence-electron chi connectivity index (χ1n) is 10.2. The number of anilines is 2. The van der Waals surface area contributed by atoms with E-state index in [4.69, 9.17) is 9.47 Å². The van der Waals surface area contributed by atoms with E-state index in [2.05, 4.69) is 36.1 Å². The molecule has 0 amide bonds. The standard InChI is InChI=1S/C22H22BrFN4O2/c23-16-5-4-6-17(21(16)24)27-22-15-9-20-19(10-18(15)25-13-26-22)29-12-14(30-20)11-28-7-2-1-3-8-28/h4-6,9-10,13-14H,1-3,7-8,11-12H2,(H,25,26,27)/t14-/m1/s1. The van der Waals surface area contributed by atoms with Crippen molar-refractivity contribution in [3.63, 3.8) is 0 Å². The molecule has 6 nitrogen and oxygen atoms in total. The lowest BCUT2D eigenvalue weighted by Gasteiger charge is -2.33. The lowest BCUT2D eigenvalue weighted by Crippen LogP contribution is -2.42. The summed E-state index contributed by atoms with van der Waals surface area (Å²) in [5, 5.41) is 3.83. The Labute approximate surface area is 182 Å². The highest BCUT2D eigenvalue weighted by Crippen LogP contribution is 2.38. The van der Waals surface area contributed by atoms with Crippen LogP contribution in [-0.4, -0.2) is 47.2 Å². The molecule has 0 spiro atoms. The van der Waals surface area contributed by atoms with Gasteiger partial charge in [0.15, 0.2) is 17.3 Å². The Balaban J connectivity index is 1.42. The number of rotatable bonds is 4. The predicted molar refractivity (Wildman–Crippen MR) is 117 cm³/mol. The van der Waals surface area contributed by atoms with Crippen molar-refractivity contribution in [1.82, 2.24) is 14.9 Å². The fourth-order valence-corrected chi connectivity index (χ4v) is 4.38. The molecule has 3 heterocycles. The summed E-state index contributed by atoms with van der Waals surface area (Å²) in [5.74, 6) is 1.49. The van der Waals surface area contributed by atoms with Gasteiger partial charge in [-0.15, -0.1) is 0 Å². The first-order valence-corrected chi connectivity index (χ1v) is 11.0. The van der Waals surface area contributed by atoms with Gasteiger partial charge in [-0.25, -0.2) is 14.4 Å². The summed E-state index contributed by atoms with van der Waals surface area (Å²) in [6.07, 6.45) is 5.23. The van der Waals surface area contributed by atoms with Crippen LogP contribution in [0.5, 0.6) is 11.5 Å². The van der Waals surface area contributed by atoms with E-state index in [1.165, 1.54) is 25.6 Å². The molecule has 1 aromatic heterocycles. The Kier molecular flexibility index (Phi) is 5.43. The quantitative estimate of drug-likeness (QED) is 0.582. The van der Waals surface area contributed by atoms with Gasteiger partial charge < -0.3 is 14.8 Å². The zero-order valence-corrected chi connectivity index (χ0v) is 18.0. The summed E-state index contributed by atoms with van der Waals surface area (Å²) in [6, 6.07) is 8.82. The molecule has 5 rings (SSSR count). The monoisotopic (exact) mass is 472 g/mol. The number of likely N-dealkylation sites (tertiary alicyclic amines) is 1. The van der Waals surface area contributed by atoms with Crippen LogP contribution in [-0.2, 0) is 0 Å². The zero-order valence-electron chi connectivity index (χ0n) is 16.4. The van der Waals surface area contributed by atoms with Crippen LogP contribution in [0.3, 0.4) is 0 Å². The minimum absolute atomic E-state index is 0.0170. The van der Waals surface area contributed by atoms with Crippen LogP contribution in [0.15, 0.2) is 41.1 Å². The van der Waals surface area contributed by atoms with Crippen LogP contribution in [0.25, 0.3) is 10.9 Å². The Morgan fingerprint density at radius 2 is 2.00 bits per heavy atom. The summed E-state index contributed by atoms with van der Waals surface area (Å²) in [6.45, 7) is 3.61. The molecule has 1 fully saturated rings. The molecule has 1 saturated heterocycles. The molecule has 0 radical (unpaired) electrons. The average molecular weight is 473 g/mol. The van der Waals surface area contributed by atoms with Crippen molar-refractivity contribution in [1.29, 1.82) is 0 Å². The average Bonchev–Trinajstić information content (AvgIpc) is 2.76. The molecule has 2 aromatic carbocycles. The smallest absolute Gasteiger partial charge is 0.163 e. The molecule has 30 heavy (non-hydrogen) atoms. The number of hydrogen-bond donors (Lipinski definition) is 1. The topological polar surface area (TPSA) is 59.5 Å². The molecule has 3 aromatic rings. The minimum atomic E-state index is -0.372. The zero-order chi connectivity index (χ0) is 20.5. The van der Waals surface area contributed by atoms with Crippen LogP contribution in [0.4, 0.5) is 15.9 Å². The van der Waals surface area contributed by atoms with Crippen LogP contribution < -0.4 is 14.8 Å². The first-order chi connectivity index (χ1) is 14.7. The highest BCUT2D eigenvalue weighted by Gasteiger charge is 2.25. The van der Waals surface area contributed by atoms with Crippen molar-refractivity contribution >= 4 is 38.3 Å². The van der Waals surface area contributed by atoms with E-state index in [1.807, 2.05) is 12.1 Å². The fraction of sp³-hybridized carbons (Fsp3) is 0.364. The van der Waals surface area contributed by atoms with Gasteiger partial charge in [0.2, 0.25) is 0 Å². The van der Waals surface area contributed by atoms with Crippen LogP contribution in [0, 0.1) is 5.82 Å². The summed E-state index contributed by atoms with van der Waals surface area (Å²) in [5.41, 5.74) is 1.04. The Hall–Kier alpha value is -2.45. The third-order valence-corrected chi connectivity index (χ3v) is 6.15. The van der Waals surface area contributed by atoms with Crippen molar-refractivity contribution in [3.05, 3.63) is 46.9 Å². The summed E-state index contributed by atoms with van der Waals surface area (Å²) in [7, 11) is 0. The third-order valence-electron chi connectivity index (χ3n) is 5.53. The second-order valence-electron chi connectivity index (χ2n) is 7.68. The van der Waals surface area contributed by atoms with E-state index in [0.29, 0.717) is 39.6 Å². The first kappa shape index (κ1) is 19.5. The molecule has 0 saturated carbocycles. The van der Waals surface area contributed by atoms with Gasteiger partial charge in [-0.2, -0.15) is 0 Å². The van der Waals surface area contributed by atoms with Gasteiger partial charge in [0.1, 0.15) is 24.9 Å². The molecule has 1 N–H and O–H groups in total. The Morgan fingerprint density at radius 1 is 1.13 bits per heavy atom. The lowest BCUT2D eigenvalue weighted by molar-refractivity contribution is 0.0535. The number of hydrogen-bond acceptors (Lipinski definition) is 6. The molecule has 156 valence electrons. The van der Waals surface area contributed by atoms with Gasteiger partial charge in [-0.05, 0) is 60.1 Å². The summed E-state index contributed by atoms with van der Waals surface area (Å²) in [4.78, 5) is 11.1. The van der Waals surface area contributed by atoms with Crippen LogP contribution in [0.2, 0.25) is 0 Å². The number of halogens is 2. The van der Waals surface area contributed by atoms with E-state index in [-0.39, 0.29) is 11.9 Å². The maximum absolute atomic E-state index is 14.4. The van der Waals surface area contributed by atoms with Gasteiger partial charge >= 0.3 is 0 Å². The maximum atomic E-state index is 14.4. The SMILES string of the molecule is Fc1c(Br)cccc1Nc1ncnc2cc3c(cc12)O[C@H](CN1CCCCC1)CO3. The van der Waals surface area contributed by atoms with Crippen molar-refractivity contribution in [3.8, 4) is 11.5 Å². The summed E-state index contributed by atoms with van der Waals surface area (Å²) >= 11 is 3.22. The highest BCUT2D eigenvalue weighted by molar-refractivity contribution is 9.10. The molecule has 1 atom stereocenters. The molecule has 2 aliphatic rings. The summed E-state index contributed by atoms with van der Waals surface area (Å²) < 4.78 is 27.1. The normalized spacial score (nSPS) is 19.1. The van der Waals surface area contributed by atoms with Gasteiger partial charge in [0.25, 0.3) is 0 Å². The second kappa shape index (κ2) is 8.35. The number of piperidine rings is 1. The van der Waals surface area contributed by atoms with E-state index >= 15 is 0 Å². The second-order valence-corrected chi connectivity index (χ2v) is 8.53. The van der Waals surface area contributed by atoms with Gasteiger partial charge in [-0.1, -0.05) is 12.5 Å². The van der Waals surface area contributed by atoms with Crippen molar-refractivity contribution < 1.29 is 13.9 Å². The lowest BCUT2D eigenvalue weighted by atomic mass is 10.1. The van der Waals surface area contributed by atoms with Crippen LogP contribution in [0.1, 0.15) is 19.3 Å². The van der Waals surface area contributed by atoms with E-state index in [9.17, 15) is 4.39 Å². The fourth-order valence-electron chi connectivity index (χ4n) is 4.01. The largest absolute Gasteiger partial charge is 0.486 e. The molecule has 0 aliphatic carbocycles. The Bertz CT molecular complexity index is 1070. The van der Waals surface area contributed by atoms with Gasteiger partial charge in [0, 0.05) is 18.0 Å².